The monoisotopic (exact) mass is 285 g/mol. The van der Waals surface area contributed by atoms with Crippen LogP contribution in [0.2, 0.25) is 0 Å². The van der Waals surface area contributed by atoms with E-state index in [1.165, 1.54) is 0 Å². The number of amides is 1. The molecule has 2 N–H and O–H groups in total. The standard InChI is InChI=1S/C17H19NO3/c1-12(6-9-16(19)20)11-18-17(21)15-8-7-13-4-2-3-5-14(13)10-15/h2-5,7-8,10,12H,6,9,11H2,1H3,(H,18,21)(H,19,20). The van der Waals surface area contributed by atoms with Gasteiger partial charge in [-0.3, -0.25) is 9.59 Å². The van der Waals surface area contributed by atoms with E-state index in [2.05, 4.69) is 5.32 Å². The predicted molar refractivity (Wildman–Crippen MR) is 82.3 cm³/mol. The molecule has 0 fully saturated rings. The summed E-state index contributed by atoms with van der Waals surface area (Å²) >= 11 is 0. The zero-order chi connectivity index (χ0) is 15.2. The molecule has 2 aromatic rings. The van der Waals surface area contributed by atoms with Crippen LogP contribution in [0, 0.1) is 5.92 Å². The van der Waals surface area contributed by atoms with Crippen LogP contribution in [0.25, 0.3) is 10.8 Å². The summed E-state index contributed by atoms with van der Waals surface area (Å²) in [6.07, 6.45) is 0.695. The number of benzene rings is 2. The lowest BCUT2D eigenvalue weighted by Crippen LogP contribution is -2.28. The van der Waals surface area contributed by atoms with Gasteiger partial charge in [-0.15, -0.1) is 0 Å². The molecule has 0 saturated carbocycles. The molecule has 0 saturated heterocycles. The third-order valence-corrected chi connectivity index (χ3v) is 3.47. The number of nitrogens with one attached hydrogen (secondary N) is 1. The Labute approximate surface area is 123 Å². The Bertz CT molecular complexity index is 651. The maximum Gasteiger partial charge on any atom is 0.303 e. The Hall–Kier alpha value is -2.36. The van der Waals surface area contributed by atoms with Crippen LogP contribution in [0.4, 0.5) is 0 Å². The summed E-state index contributed by atoms with van der Waals surface area (Å²) in [5.41, 5.74) is 0.624. The first-order valence-electron chi connectivity index (χ1n) is 7.05. The summed E-state index contributed by atoms with van der Waals surface area (Å²) in [5.74, 6) is -0.781. The second-order valence-electron chi connectivity index (χ2n) is 5.31. The number of fused-ring (bicyclic) bond motifs is 1. The van der Waals surface area contributed by atoms with Crippen molar-refractivity contribution in [3.8, 4) is 0 Å². The third-order valence-electron chi connectivity index (χ3n) is 3.47. The van der Waals surface area contributed by atoms with Crippen molar-refractivity contribution in [3.05, 3.63) is 48.0 Å². The zero-order valence-corrected chi connectivity index (χ0v) is 12.0. The molecule has 0 spiro atoms. The van der Waals surface area contributed by atoms with Crippen LogP contribution in [-0.2, 0) is 4.79 Å². The van der Waals surface area contributed by atoms with Crippen molar-refractivity contribution >= 4 is 22.6 Å². The van der Waals surface area contributed by atoms with E-state index in [9.17, 15) is 9.59 Å². The van der Waals surface area contributed by atoms with E-state index in [1.807, 2.05) is 43.3 Å². The molecule has 2 rings (SSSR count). The Morgan fingerprint density at radius 3 is 2.57 bits per heavy atom. The average Bonchev–Trinajstić information content (AvgIpc) is 2.50. The average molecular weight is 285 g/mol. The molecule has 4 heteroatoms. The smallest absolute Gasteiger partial charge is 0.303 e. The topological polar surface area (TPSA) is 66.4 Å². The SMILES string of the molecule is CC(CCC(=O)O)CNC(=O)c1ccc2ccccc2c1. The molecule has 110 valence electrons. The highest BCUT2D eigenvalue weighted by atomic mass is 16.4. The van der Waals surface area contributed by atoms with E-state index >= 15 is 0 Å². The quantitative estimate of drug-likeness (QED) is 0.857. The minimum atomic E-state index is -0.803. The van der Waals surface area contributed by atoms with Crippen LogP contribution >= 0.6 is 0 Å². The summed E-state index contributed by atoms with van der Waals surface area (Å²) in [6.45, 7) is 2.42. The summed E-state index contributed by atoms with van der Waals surface area (Å²) in [7, 11) is 0. The van der Waals surface area contributed by atoms with Crippen molar-refractivity contribution in [1.82, 2.24) is 5.32 Å². The Morgan fingerprint density at radius 2 is 1.86 bits per heavy atom. The maximum absolute atomic E-state index is 12.1. The van der Waals surface area contributed by atoms with Gasteiger partial charge in [-0.2, -0.15) is 0 Å². The highest BCUT2D eigenvalue weighted by Gasteiger charge is 2.09. The first-order valence-corrected chi connectivity index (χ1v) is 7.05. The maximum atomic E-state index is 12.1. The van der Waals surface area contributed by atoms with E-state index in [0.717, 1.165) is 10.8 Å². The fraction of sp³-hybridized carbons (Fsp3) is 0.294. The molecule has 2 aromatic carbocycles. The van der Waals surface area contributed by atoms with E-state index in [4.69, 9.17) is 5.11 Å². The van der Waals surface area contributed by atoms with Gasteiger partial charge in [-0.25, -0.2) is 0 Å². The lowest BCUT2D eigenvalue weighted by Gasteiger charge is -2.11. The summed E-state index contributed by atoms with van der Waals surface area (Å²) < 4.78 is 0. The number of carboxylic acid groups (broad SMARTS) is 1. The van der Waals surface area contributed by atoms with E-state index in [0.29, 0.717) is 18.5 Å². The van der Waals surface area contributed by atoms with Crippen LogP contribution in [0.1, 0.15) is 30.1 Å². The molecule has 1 atom stereocenters. The highest BCUT2D eigenvalue weighted by Crippen LogP contribution is 2.15. The molecule has 1 unspecified atom stereocenters. The Kier molecular flexibility index (Phi) is 4.93. The molecular weight excluding hydrogens is 266 g/mol. The third kappa shape index (κ3) is 4.31. The number of rotatable bonds is 6. The molecule has 4 nitrogen and oxygen atoms in total. The first kappa shape index (κ1) is 15.0. The molecule has 0 bridgehead atoms. The van der Waals surface area contributed by atoms with Gasteiger partial charge < -0.3 is 10.4 Å². The van der Waals surface area contributed by atoms with E-state index < -0.39 is 5.97 Å². The van der Waals surface area contributed by atoms with Gasteiger partial charge in [0.2, 0.25) is 0 Å². The number of hydrogen-bond donors (Lipinski definition) is 2. The normalized spacial score (nSPS) is 12.0. The number of hydrogen-bond acceptors (Lipinski definition) is 2. The van der Waals surface area contributed by atoms with E-state index in [1.54, 1.807) is 6.07 Å². The molecule has 0 aliphatic heterocycles. The van der Waals surface area contributed by atoms with Crippen LogP contribution in [0.3, 0.4) is 0 Å². The zero-order valence-electron chi connectivity index (χ0n) is 12.0. The van der Waals surface area contributed by atoms with E-state index in [-0.39, 0.29) is 18.2 Å². The molecule has 21 heavy (non-hydrogen) atoms. The highest BCUT2D eigenvalue weighted by molar-refractivity contribution is 5.98. The fourth-order valence-electron chi connectivity index (χ4n) is 2.17. The van der Waals surface area contributed by atoms with Gasteiger partial charge in [0, 0.05) is 18.5 Å². The molecule has 0 aromatic heterocycles. The molecule has 1 amide bonds. The number of aliphatic carboxylic acids is 1. The van der Waals surface area contributed by atoms with Crippen molar-refractivity contribution in [1.29, 1.82) is 0 Å². The Morgan fingerprint density at radius 1 is 1.14 bits per heavy atom. The van der Waals surface area contributed by atoms with Gasteiger partial charge in [0.25, 0.3) is 5.91 Å². The molecule has 0 heterocycles. The first-order chi connectivity index (χ1) is 10.1. The number of carbonyl (C=O) groups is 2. The van der Waals surface area contributed by atoms with Crippen molar-refractivity contribution in [2.75, 3.05) is 6.54 Å². The van der Waals surface area contributed by atoms with Crippen molar-refractivity contribution in [2.45, 2.75) is 19.8 Å². The summed E-state index contributed by atoms with van der Waals surface area (Å²) in [4.78, 5) is 22.6. The summed E-state index contributed by atoms with van der Waals surface area (Å²) in [6, 6.07) is 13.5. The van der Waals surface area contributed by atoms with Crippen LogP contribution in [0.5, 0.6) is 0 Å². The van der Waals surface area contributed by atoms with Gasteiger partial charge in [-0.1, -0.05) is 37.3 Å². The molecular formula is C17H19NO3. The van der Waals surface area contributed by atoms with Crippen LogP contribution in [0.15, 0.2) is 42.5 Å². The lowest BCUT2D eigenvalue weighted by atomic mass is 10.0. The minimum Gasteiger partial charge on any atom is -0.481 e. The number of carboxylic acids is 1. The predicted octanol–water partition coefficient (Wildman–Crippen LogP) is 3.07. The van der Waals surface area contributed by atoms with Crippen molar-refractivity contribution in [2.24, 2.45) is 5.92 Å². The fourth-order valence-corrected chi connectivity index (χ4v) is 2.17. The minimum absolute atomic E-state index is 0.122. The second-order valence-corrected chi connectivity index (χ2v) is 5.31. The largest absolute Gasteiger partial charge is 0.481 e. The molecule has 0 radical (unpaired) electrons. The van der Waals surface area contributed by atoms with Gasteiger partial charge in [-0.05, 0) is 35.2 Å². The van der Waals surface area contributed by atoms with Crippen molar-refractivity contribution < 1.29 is 14.7 Å². The van der Waals surface area contributed by atoms with Gasteiger partial charge >= 0.3 is 5.97 Å². The number of carbonyl (C=O) groups excluding carboxylic acids is 1. The van der Waals surface area contributed by atoms with Crippen LogP contribution in [-0.4, -0.2) is 23.5 Å². The lowest BCUT2D eigenvalue weighted by molar-refractivity contribution is -0.137. The van der Waals surface area contributed by atoms with Crippen LogP contribution < -0.4 is 5.32 Å². The van der Waals surface area contributed by atoms with Gasteiger partial charge in [0.1, 0.15) is 0 Å². The second kappa shape index (κ2) is 6.88. The summed E-state index contributed by atoms with van der Waals surface area (Å²) in [5, 5.41) is 13.6. The Balaban J connectivity index is 1.94. The molecule has 0 aliphatic carbocycles. The van der Waals surface area contributed by atoms with Crippen molar-refractivity contribution in [3.63, 3.8) is 0 Å². The van der Waals surface area contributed by atoms with Gasteiger partial charge in [0.05, 0.1) is 0 Å². The molecule has 0 aliphatic rings. The van der Waals surface area contributed by atoms with Gasteiger partial charge in [0.15, 0.2) is 0 Å².